The minimum absolute atomic E-state index is 0.0428. The van der Waals surface area contributed by atoms with E-state index in [-0.39, 0.29) is 19.0 Å². The van der Waals surface area contributed by atoms with E-state index in [0.29, 0.717) is 0 Å². The van der Waals surface area contributed by atoms with Gasteiger partial charge in [-0.1, -0.05) is 0 Å². The molecule has 14 heavy (non-hydrogen) atoms. The molecule has 0 aliphatic heterocycles. The van der Waals surface area contributed by atoms with Crippen molar-refractivity contribution in [3.8, 4) is 0 Å². The molecule has 0 atom stereocenters. The van der Waals surface area contributed by atoms with Crippen LogP contribution in [-0.4, -0.2) is 30.9 Å². The molecule has 0 radical (unpaired) electrons. The highest BCUT2D eigenvalue weighted by Crippen LogP contribution is 1.84. The molecule has 5 heteroatoms. The van der Waals surface area contributed by atoms with Crippen molar-refractivity contribution in [2.24, 2.45) is 0 Å². The van der Waals surface area contributed by atoms with Crippen LogP contribution in [0.1, 0.15) is 13.8 Å². The van der Waals surface area contributed by atoms with Crippen molar-refractivity contribution in [2.75, 3.05) is 13.2 Å². The SMILES string of the molecule is CC(=O)OC/C=C/C(=O)COC(C)=O. The van der Waals surface area contributed by atoms with Crippen molar-refractivity contribution in [1.82, 2.24) is 0 Å². The van der Waals surface area contributed by atoms with Crippen LogP contribution in [0, 0.1) is 0 Å². The maximum Gasteiger partial charge on any atom is 0.303 e. The second-order valence-corrected chi connectivity index (χ2v) is 2.45. The van der Waals surface area contributed by atoms with Gasteiger partial charge in [-0.25, -0.2) is 0 Å². The number of hydrogen-bond donors (Lipinski definition) is 0. The molecule has 0 N–H and O–H groups in total. The zero-order valence-electron chi connectivity index (χ0n) is 8.11. The molecule has 5 nitrogen and oxygen atoms in total. The van der Waals surface area contributed by atoms with Gasteiger partial charge in [0.2, 0.25) is 0 Å². The van der Waals surface area contributed by atoms with Crippen molar-refractivity contribution < 1.29 is 23.9 Å². The minimum Gasteiger partial charge on any atom is -0.462 e. The molecule has 0 unspecified atom stereocenters. The van der Waals surface area contributed by atoms with Gasteiger partial charge in [0.15, 0.2) is 12.4 Å². The molecule has 0 heterocycles. The number of esters is 2. The summed E-state index contributed by atoms with van der Waals surface area (Å²) in [5, 5.41) is 0. The van der Waals surface area contributed by atoms with E-state index in [1.165, 1.54) is 26.0 Å². The molecule has 78 valence electrons. The zero-order chi connectivity index (χ0) is 11.0. The lowest BCUT2D eigenvalue weighted by Gasteiger charge is -1.96. The van der Waals surface area contributed by atoms with Crippen LogP contribution in [0.3, 0.4) is 0 Å². The number of ketones is 1. The highest BCUT2D eigenvalue weighted by atomic mass is 16.5. The number of ether oxygens (including phenoxy) is 2. The number of hydrogen-bond acceptors (Lipinski definition) is 5. The molecule has 0 aromatic carbocycles. The lowest BCUT2D eigenvalue weighted by molar-refractivity contribution is -0.144. The van der Waals surface area contributed by atoms with Crippen molar-refractivity contribution in [3.05, 3.63) is 12.2 Å². The largest absolute Gasteiger partial charge is 0.462 e. The quantitative estimate of drug-likeness (QED) is 0.469. The standard InChI is InChI=1S/C9H12O5/c1-7(10)13-5-3-4-9(12)6-14-8(2)11/h3-4H,5-6H2,1-2H3/b4-3+. The van der Waals surface area contributed by atoms with Crippen LogP contribution in [0.25, 0.3) is 0 Å². The monoisotopic (exact) mass is 200 g/mol. The molecule has 0 aromatic rings. The number of carbonyl (C=O) groups is 3. The second kappa shape index (κ2) is 6.82. The second-order valence-electron chi connectivity index (χ2n) is 2.45. The normalized spacial score (nSPS) is 9.86. The van der Waals surface area contributed by atoms with Gasteiger partial charge in [-0.05, 0) is 12.2 Å². The summed E-state index contributed by atoms with van der Waals surface area (Å²) in [6.45, 7) is 2.25. The van der Waals surface area contributed by atoms with Crippen molar-refractivity contribution in [3.63, 3.8) is 0 Å². The molecule has 0 spiro atoms. The summed E-state index contributed by atoms with van der Waals surface area (Å²) in [4.78, 5) is 31.5. The van der Waals surface area contributed by atoms with E-state index >= 15 is 0 Å². The average Bonchev–Trinajstić information content (AvgIpc) is 2.08. The zero-order valence-corrected chi connectivity index (χ0v) is 8.11. The van der Waals surface area contributed by atoms with Gasteiger partial charge >= 0.3 is 11.9 Å². The van der Waals surface area contributed by atoms with Gasteiger partial charge in [0.05, 0.1) is 0 Å². The predicted octanol–water partition coefficient (Wildman–Crippen LogP) is 0.238. The summed E-state index contributed by atoms with van der Waals surface area (Å²) in [7, 11) is 0. The molecule has 0 aromatic heterocycles. The Morgan fingerprint density at radius 3 is 2.14 bits per heavy atom. The Morgan fingerprint density at radius 1 is 1.07 bits per heavy atom. The fraction of sp³-hybridized carbons (Fsp3) is 0.444. The molecule has 0 saturated carbocycles. The van der Waals surface area contributed by atoms with Gasteiger partial charge in [0.25, 0.3) is 0 Å². The number of carbonyl (C=O) groups excluding carboxylic acids is 3. The van der Waals surface area contributed by atoms with Crippen molar-refractivity contribution in [1.29, 1.82) is 0 Å². The van der Waals surface area contributed by atoms with Crippen molar-refractivity contribution >= 4 is 17.7 Å². The molecule has 0 amide bonds. The third-order valence-electron chi connectivity index (χ3n) is 1.10. The number of rotatable bonds is 5. The molecule has 0 aliphatic carbocycles. The Morgan fingerprint density at radius 2 is 1.64 bits per heavy atom. The van der Waals surface area contributed by atoms with Gasteiger partial charge in [0.1, 0.15) is 6.61 Å². The van der Waals surface area contributed by atoms with Crippen LogP contribution in [0.2, 0.25) is 0 Å². The van der Waals surface area contributed by atoms with Crippen LogP contribution in [-0.2, 0) is 23.9 Å². The molecule has 0 aliphatic rings. The van der Waals surface area contributed by atoms with Crippen LogP contribution in [0.4, 0.5) is 0 Å². The Hall–Kier alpha value is -1.65. The topological polar surface area (TPSA) is 69.7 Å². The third-order valence-corrected chi connectivity index (χ3v) is 1.10. The molecular formula is C9H12O5. The van der Waals surface area contributed by atoms with Gasteiger partial charge in [-0.15, -0.1) is 0 Å². The average molecular weight is 200 g/mol. The van der Waals surface area contributed by atoms with E-state index in [1.807, 2.05) is 0 Å². The lowest BCUT2D eigenvalue weighted by Crippen LogP contribution is -2.09. The minimum atomic E-state index is -0.508. The summed E-state index contributed by atoms with van der Waals surface area (Å²) in [6, 6.07) is 0. The molecule has 0 rings (SSSR count). The van der Waals surface area contributed by atoms with E-state index in [0.717, 1.165) is 0 Å². The van der Waals surface area contributed by atoms with Crippen LogP contribution < -0.4 is 0 Å². The van der Waals surface area contributed by atoms with E-state index in [2.05, 4.69) is 9.47 Å². The third kappa shape index (κ3) is 8.45. The molecular weight excluding hydrogens is 188 g/mol. The molecule has 0 bridgehead atoms. The van der Waals surface area contributed by atoms with Gasteiger partial charge in [-0.3, -0.25) is 14.4 Å². The van der Waals surface area contributed by atoms with Crippen molar-refractivity contribution in [2.45, 2.75) is 13.8 Å². The summed E-state index contributed by atoms with van der Waals surface area (Å²) in [5.74, 6) is -1.28. The van der Waals surface area contributed by atoms with E-state index in [4.69, 9.17) is 0 Å². The summed E-state index contributed by atoms with van der Waals surface area (Å²) >= 11 is 0. The van der Waals surface area contributed by atoms with E-state index < -0.39 is 11.9 Å². The van der Waals surface area contributed by atoms with Crippen LogP contribution in [0.15, 0.2) is 12.2 Å². The highest BCUT2D eigenvalue weighted by molar-refractivity contribution is 5.91. The fourth-order valence-electron chi connectivity index (χ4n) is 0.566. The van der Waals surface area contributed by atoms with E-state index in [9.17, 15) is 14.4 Å². The Balaban J connectivity index is 3.60. The molecule has 0 fully saturated rings. The fourth-order valence-corrected chi connectivity index (χ4v) is 0.566. The van der Waals surface area contributed by atoms with E-state index in [1.54, 1.807) is 0 Å². The summed E-state index contributed by atoms with van der Waals surface area (Å²) < 4.78 is 8.97. The van der Waals surface area contributed by atoms with Crippen LogP contribution >= 0.6 is 0 Å². The predicted molar refractivity (Wildman–Crippen MR) is 47.4 cm³/mol. The molecule has 0 saturated heterocycles. The van der Waals surface area contributed by atoms with Gasteiger partial charge in [0, 0.05) is 13.8 Å². The first-order valence-corrected chi connectivity index (χ1v) is 3.98. The Kier molecular flexibility index (Phi) is 6.02. The van der Waals surface area contributed by atoms with Crippen LogP contribution in [0.5, 0.6) is 0 Å². The maximum atomic E-state index is 10.9. The Bertz CT molecular complexity index is 254. The Labute approximate surface area is 81.7 Å². The first kappa shape index (κ1) is 12.3. The smallest absolute Gasteiger partial charge is 0.303 e. The summed E-state index contributed by atoms with van der Waals surface area (Å²) in [5.41, 5.74) is 0. The lowest BCUT2D eigenvalue weighted by atomic mass is 10.4. The first-order chi connectivity index (χ1) is 6.52. The maximum absolute atomic E-state index is 10.9. The highest BCUT2D eigenvalue weighted by Gasteiger charge is 1.98. The van der Waals surface area contributed by atoms with Gasteiger partial charge in [-0.2, -0.15) is 0 Å². The first-order valence-electron chi connectivity index (χ1n) is 3.98. The van der Waals surface area contributed by atoms with Gasteiger partial charge < -0.3 is 9.47 Å². The summed E-state index contributed by atoms with van der Waals surface area (Å²) in [6.07, 6.45) is 2.58.